The predicted octanol–water partition coefficient (Wildman–Crippen LogP) is 3.11. The van der Waals surface area contributed by atoms with Gasteiger partial charge in [0.1, 0.15) is 11.9 Å². The summed E-state index contributed by atoms with van der Waals surface area (Å²) in [5, 5.41) is 5.62. The van der Waals surface area contributed by atoms with E-state index in [1.54, 1.807) is 49.2 Å². The van der Waals surface area contributed by atoms with Crippen molar-refractivity contribution in [3.05, 3.63) is 65.5 Å². The van der Waals surface area contributed by atoms with Crippen LogP contribution in [0.5, 0.6) is 11.5 Å². The van der Waals surface area contributed by atoms with Crippen molar-refractivity contribution in [1.82, 2.24) is 20.4 Å². The molecule has 0 spiro atoms. The van der Waals surface area contributed by atoms with Gasteiger partial charge in [0.2, 0.25) is 5.91 Å². The lowest BCUT2D eigenvalue weighted by atomic mass is 10.2. The number of likely N-dealkylation sites (N-methyl/N-ethyl adjacent to an activating group) is 1. The van der Waals surface area contributed by atoms with Gasteiger partial charge in [-0.15, -0.1) is 0 Å². The third-order valence-corrected chi connectivity index (χ3v) is 6.61. The van der Waals surface area contributed by atoms with Gasteiger partial charge in [-0.1, -0.05) is 24.3 Å². The van der Waals surface area contributed by atoms with Crippen LogP contribution in [0.4, 0.5) is 4.39 Å². The number of ether oxygens (including phenoxy) is 2. The molecule has 9 nitrogen and oxygen atoms in total. The number of nitrogens with one attached hydrogen (secondary N) is 2. The molecular formula is C30H39FN4O5. The summed E-state index contributed by atoms with van der Waals surface area (Å²) in [5.41, 5.74) is 1.34. The van der Waals surface area contributed by atoms with E-state index in [1.807, 2.05) is 12.2 Å². The van der Waals surface area contributed by atoms with Gasteiger partial charge in [-0.3, -0.25) is 19.3 Å². The smallest absolute Gasteiger partial charge is 0.258 e. The molecule has 0 aliphatic carbocycles. The van der Waals surface area contributed by atoms with E-state index in [0.29, 0.717) is 36.7 Å². The molecule has 2 heterocycles. The number of amides is 3. The Kier molecular flexibility index (Phi) is 12.0. The highest BCUT2D eigenvalue weighted by molar-refractivity contribution is 5.95. The van der Waals surface area contributed by atoms with E-state index in [-0.39, 0.29) is 24.2 Å². The van der Waals surface area contributed by atoms with Crippen LogP contribution < -0.4 is 20.1 Å². The lowest BCUT2D eigenvalue weighted by Gasteiger charge is -2.24. The average Bonchev–Trinajstić information content (AvgIpc) is 2.95. The minimum Gasteiger partial charge on any atom is -0.493 e. The maximum atomic E-state index is 13.2. The Morgan fingerprint density at radius 2 is 1.77 bits per heavy atom. The first-order valence-corrected chi connectivity index (χ1v) is 13.5. The number of rotatable bonds is 4. The molecule has 2 aliphatic heterocycles. The summed E-state index contributed by atoms with van der Waals surface area (Å²) in [6.45, 7) is 4.68. The Labute approximate surface area is 235 Å². The van der Waals surface area contributed by atoms with Crippen LogP contribution in [0.2, 0.25) is 0 Å². The SMILES string of the molecule is COc1cc2ccc1OCC(=O)N[C@@H](C)C(=O)N(C)CCCCN(C/C=C/c1ccc(F)cc1)CCCNC2=O. The fraction of sp³-hybridized carbons (Fsp3) is 0.433. The maximum absolute atomic E-state index is 13.2. The second-order valence-electron chi connectivity index (χ2n) is 9.77. The Balaban J connectivity index is 1.69. The molecule has 2 N–H and O–H groups in total. The summed E-state index contributed by atoms with van der Waals surface area (Å²) < 4.78 is 24.1. The van der Waals surface area contributed by atoms with Crippen LogP contribution in [0.1, 0.15) is 42.1 Å². The normalized spacial score (nSPS) is 19.1. The second kappa shape index (κ2) is 15.6. The zero-order valence-corrected chi connectivity index (χ0v) is 23.5. The summed E-state index contributed by atoms with van der Waals surface area (Å²) in [5.74, 6) is -0.462. The van der Waals surface area contributed by atoms with Crippen LogP contribution in [0.25, 0.3) is 6.08 Å². The molecule has 0 fully saturated rings. The summed E-state index contributed by atoms with van der Waals surface area (Å²) in [7, 11) is 3.19. The van der Waals surface area contributed by atoms with Crippen LogP contribution >= 0.6 is 0 Å². The third-order valence-electron chi connectivity index (χ3n) is 6.61. The van der Waals surface area contributed by atoms with Gasteiger partial charge >= 0.3 is 0 Å². The second-order valence-corrected chi connectivity index (χ2v) is 9.77. The standard InChI is InChI=1S/C30H39FN4O5/c1-22-30(38)34(2)16-4-5-17-35(18-6-8-23-9-12-25(31)13-10-23)19-7-15-32-29(37)24-11-14-26(27(20-24)39-3)40-21-28(36)33-22/h6,8-14,20,22H,4-5,7,15-19,21H2,1-3H3,(H,32,37)(H,33,36)/b8-6+/t22-/m0/s1. The molecule has 2 aromatic rings. The molecule has 0 radical (unpaired) electrons. The largest absolute Gasteiger partial charge is 0.493 e. The molecule has 1 atom stereocenters. The highest BCUT2D eigenvalue weighted by Gasteiger charge is 2.20. The van der Waals surface area contributed by atoms with Crippen molar-refractivity contribution in [2.24, 2.45) is 0 Å². The minimum atomic E-state index is -0.698. The van der Waals surface area contributed by atoms with Gasteiger partial charge in [-0.05, 0) is 68.6 Å². The first-order valence-electron chi connectivity index (χ1n) is 13.5. The molecule has 2 aromatic carbocycles. The number of carbonyl (C=O) groups is 3. The summed E-state index contributed by atoms with van der Waals surface area (Å²) in [6.07, 6.45) is 6.43. The van der Waals surface area contributed by atoms with Crippen LogP contribution in [0, 0.1) is 5.82 Å². The van der Waals surface area contributed by atoms with Crippen molar-refractivity contribution in [3.63, 3.8) is 0 Å². The highest BCUT2D eigenvalue weighted by atomic mass is 19.1. The van der Waals surface area contributed by atoms with Gasteiger partial charge in [-0.2, -0.15) is 0 Å². The fourth-order valence-corrected chi connectivity index (χ4v) is 4.35. The molecule has 3 amide bonds. The molecule has 216 valence electrons. The summed E-state index contributed by atoms with van der Waals surface area (Å²) >= 11 is 0. The Morgan fingerprint density at radius 1 is 1.05 bits per heavy atom. The maximum Gasteiger partial charge on any atom is 0.258 e. The van der Waals surface area contributed by atoms with Crippen molar-refractivity contribution in [3.8, 4) is 11.5 Å². The number of benzene rings is 2. The lowest BCUT2D eigenvalue weighted by molar-refractivity contribution is -0.135. The highest BCUT2D eigenvalue weighted by Crippen LogP contribution is 2.28. The minimum absolute atomic E-state index is 0.176. The van der Waals surface area contributed by atoms with Crippen molar-refractivity contribution >= 4 is 23.8 Å². The number of carbonyl (C=O) groups excluding carboxylic acids is 3. The zero-order valence-electron chi connectivity index (χ0n) is 23.5. The molecule has 2 bridgehead atoms. The van der Waals surface area contributed by atoms with Crippen LogP contribution in [-0.4, -0.2) is 87.1 Å². The van der Waals surface area contributed by atoms with E-state index in [9.17, 15) is 18.8 Å². The number of hydrogen-bond donors (Lipinski definition) is 2. The van der Waals surface area contributed by atoms with Gasteiger partial charge in [-0.25, -0.2) is 4.39 Å². The van der Waals surface area contributed by atoms with Crippen LogP contribution in [0.15, 0.2) is 48.5 Å². The first kappa shape index (κ1) is 30.6. The van der Waals surface area contributed by atoms with Crippen LogP contribution in [0.3, 0.4) is 0 Å². The van der Waals surface area contributed by atoms with Gasteiger partial charge < -0.3 is 25.0 Å². The molecule has 0 saturated heterocycles. The number of hydrogen-bond acceptors (Lipinski definition) is 6. The quantitative estimate of drug-likeness (QED) is 0.564. The number of methoxy groups -OCH3 is 1. The third kappa shape index (κ3) is 9.68. The summed E-state index contributed by atoms with van der Waals surface area (Å²) in [4.78, 5) is 41.8. The molecule has 4 rings (SSSR count). The Hall–Kier alpha value is -3.92. The van der Waals surface area contributed by atoms with Crippen LogP contribution in [-0.2, 0) is 9.59 Å². The number of nitrogens with zero attached hydrogens (tertiary/aromatic N) is 2. The topological polar surface area (TPSA) is 100 Å². The molecule has 40 heavy (non-hydrogen) atoms. The molecule has 2 aliphatic rings. The molecule has 0 unspecified atom stereocenters. The van der Waals surface area contributed by atoms with Crippen molar-refractivity contribution in [2.45, 2.75) is 32.2 Å². The van der Waals surface area contributed by atoms with E-state index >= 15 is 0 Å². The van der Waals surface area contributed by atoms with E-state index in [2.05, 4.69) is 15.5 Å². The Bertz CT molecular complexity index is 1170. The van der Waals surface area contributed by atoms with Crippen molar-refractivity contribution < 1.29 is 28.2 Å². The Morgan fingerprint density at radius 3 is 2.52 bits per heavy atom. The van der Waals surface area contributed by atoms with Gasteiger partial charge in [0.15, 0.2) is 18.1 Å². The van der Waals surface area contributed by atoms with E-state index in [4.69, 9.17) is 9.47 Å². The molecular weight excluding hydrogens is 515 g/mol. The fourth-order valence-electron chi connectivity index (χ4n) is 4.35. The molecule has 0 aromatic heterocycles. The number of halogens is 1. The van der Waals surface area contributed by atoms with Gasteiger partial charge in [0.05, 0.1) is 7.11 Å². The van der Waals surface area contributed by atoms with Crippen molar-refractivity contribution in [2.75, 3.05) is 53.5 Å². The summed E-state index contributed by atoms with van der Waals surface area (Å²) in [6, 6.07) is 10.4. The lowest BCUT2D eigenvalue weighted by Crippen LogP contribution is -2.47. The van der Waals surface area contributed by atoms with E-state index < -0.39 is 11.9 Å². The zero-order chi connectivity index (χ0) is 28.9. The van der Waals surface area contributed by atoms with Crippen molar-refractivity contribution in [1.29, 1.82) is 0 Å². The average molecular weight is 555 g/mol. The predicted molar refractivity (Wildman–Crippen MR) is 152 cm³/mol. The molecule has 0 saturated carbocycles. The monoisotopic (exact) mass is 554 g/mol. The molecule has 10 heteroatoms. The number of fused-ring (bicyclic) bond motifs is 18. The van der Waals surface area contributed by atoms with E-state index in [1.165, 1.54) is 19.2 Å². The van der Waals surface area contributed by atoms with Gasteiger partial charge in [0.25, 0.3) is 11.8 Å². The first-order chi connectivity index (χ1) is 19.3. The van der Waals surface area contributed by atoms with Gasteiger partial charge in [0, 0.05) is 38.8 Å². The van der Waals surface area contributed by atoms with E-state index in [0.717, 1.165) is 37.9 Å².